The van der Waals surface area contributed by atoms with Crippen molar-refractivity contribution in [3.8, 4) is 0 Å². The summed E-state index contributed by atoms with van der Waals surface area (Å²) in [4.78, 5) is 17.0. The Morgan fingerprint density at radius 3 is 2.78 bits per heavy atom. The highest BCUT2D eigenvalue weighted by Gasteiger charge is 2.15. The van der Waals surface area contributed by atoms with Gasteiger partial charge in [0.1, 0.15) is 5.82 Å². The summed E-state index contributed by atoms with van der Waals surface area (Å²) in [7, 11) is 0. The molecule has 1 aromatic heterocycles. The van der Waals surface area contributed by atoms with E-state index >= 15 is 0 Å². The maximum Gasteiger partial charge on any atom is 0.179 e. The number of ketones is 1. The zero-order valence-electron chi connectivity index (χ0n) is 9.96. The van der Waals surface area contributed by atoms with Crippen LogP contribution in [-0.2, 0) is 6.42 Å². The quantitative estimate of drug-likeness (QED) is 0.795. The number of hydrogen-bond donors (Lipinski definition) is 0. The van der Waals surface area contributed by atoms with Crippen LogP contribution in [0.5, 0.6) is 0 Å². The Kier molecular flexibility index (Phi) is 3.92. The third kappa shape index (κ3) is 2.84. The first-order valence-electron chi connectivity index (χ1n) is 5.38. The minimum absolute atomic E-state index is 0.0237. The predicted molar refractivity (Wildman–Crippen MR) is 73.7 cm³/mol. The van der Waals surface area contributed by atoms with E-state index in [1.54, 1.807) is 6.07 Å². The molecule has 0 fully saturated rings. The first-order chi connectivity index (χ1) is 8.47. The number of thiazole rings is 1. The molecule has 0 aliphatic rings. The van der Waals surface area contributed by atoms with E-state index < -0.39 is 0 Å². The summed E-state index contributed by atoms with van der Waals surface area (Å²) in [5.41, 5.74) is 1.40. The van der Waals surface area contributed by atoms with Gasteiger partial charge in [0.15, 0.2) is 5.78 Å². The Bertz CT molecular complexity index is 609. The van der Waals surface area contributed by atoms with Crippen molar-refractivity contribution in [1.82, 2.24) is 4.98 Å². The lowest BCUT2D eigenvalue weighted by molar-refractivity contribution is 0.0996. The normalized spacial score (nSPS) is 10.7. The van der Waals surface area contributed by atoms with Crippen LogP contribution in [0.15, 0.2) is 22.7 Å². The standard InChI is InChI=1S/C13H11BrFNOS/c1-7-13(18-8(2)16-7)12(17)6-9-5-10(15)3-4-11(9)14/h3-5H,6H2,1-2H3. The number of carbonyl (C=O) groups excluding carboxylic acids is 1. The van der Waals surface area contributed by atoms with E-state index in [9.17, 15) is 9.18 Å². The molecule has 1 aromatic carbocycles. The molecular weight excluding hydrogens is 317 g/mol. The van der Waals surface area contributed by atoms with Crippen LogP contribution in [0.1, 0.15) is 25.9 Å². The van der Waals surface area contributed by atoms with Crippen LogP contribution in [-0.4, -0.2) is 10.8 Å². The molecule has 2 rings (SSSR count). The number of nitrogens with zero attached hydrogens (tertiary/aromatic N) is 1. The summed E-state index contributed by atoms with van der Waals surface area (Å²) in [5, 5.41) is 0.870. The highest BCUT2D eigenvalue weighted by molar-refractivity contribution is 9.10. The molecule has 0 radical (unpaired) electrons. The number of carbonyl (C=O) groups is 1. The molecule has 0 saturated carbocycles. The number of hydrogen-bond acceptors (Lipinski definition) is 3. The minimum Gasteiger partial charge on any atom is -0.293 e. The molecule has 5 heteroatoms. The molecule has 1 heterocycles. The number of rotatable bonds is 3. The van der Waals surface area contributed by atoms with E-state index in [1.807, 2.05) is 13.8 Å². The maximum absolute atomic E-state index is 13.1. The first-order valence-corrected chi connectivity index (χ1v) is 6.99. The van der Waals surface area contributed by atoms with Gasteiger partial charge in [0.2, 0.25) is 0 Å². The van der Waals surface area contributed by atoms with Crippen molar-refractivity contribution in [2.24, 2.45) is 0 Å². The van der Waals surface area contributed by atoms with Crippen molar-refractivity contribution in [2.75, 3.05) is 0 Å². The van der Waals surface area contributed by atoms with Gasteiger partial charge in [0, 0.05) is 10.9 Å². The van der Waals surface area contributed by atoms with E-state index in [0.717, 1.165) is 15.2 Å². The zero-order chi connectivity index (χ0) is 13.3. The second-order valence-corrected chi connectivity index (χ2v) is 6.04. The zero-order valence-corrected chi connectivity index (χ0v) is 12.4. The van der Waals surface area contributed by atoms with Crippen molar-refractivity contribution in [2.45, 2.75) is 20.3 Å². The maximum atomic E-state index is 13.1. The molecule has 0 aliphatic carbocycles. The SMILES string of the molecule is Cc1nc(C)c(C(=O)Cc2cc(F)ccc2Br)s1. The third-order valence-electron chi connectivity index (χ3n) is 2.52. The third-order valence-corrected chi connectivity index (χ3v) is 4.40. The Balaban J connectivity index is 2.26. The van der Waals surface area contributed by atoms with Gasteiger partial charge in [-0.2, -0.15) is 0 Å². The molecule has 0 N–H and O–H groups in total. The van der Waals surface area contributed by atoms with Gasteiger partial charge in [-0.3, -0.25) is 4.79 Å². The van der Waals surface area contributed by atoms with Crippen LogP contribution >= 0.6 is 27.3 Å². The van der Waals surface area contributed by atoms with Crippen molar-refractivity contribution >= 4 is 33.0 Å². The summed E-state index contributed by atoms with van der Waals surface area (Å²) >= 11 is 4.71. The van der Waals surface area contributed by atoms with Crippen molar-refractivity contribution in [3.05, 3.63) is 49.6 Å². The van der Waals surface area contributed by atoms with Crippen molar-refractivity contribution in [3.63, 3.8) is 0 Å². The fourth-order valence-corrected chi connectivity index (χ4v) is 2.97. The smallest absolute Gasteiger partial charge is 0.179 e. The number of Topliss-reactive ketones (excluding diaryl/α,β-unsaturated/α-hetero) is 1. The number of aromatic nitrogens is 1. The van der Waals surface area contributed by atoms with Gasteiger partial charge in [0.05, 0.1) is 15.6 Å². The lowest BCUT2D eigenvalue weighted by Crippen LogP contribution is -2.04. The molecule has 0 spiro atoms. The minimum atomic E-state index is -0.335. The van der Waals surface area contributed by atoms with E-state index in [-0.39, 0.29) is 18.0 Å². The summed E-state index contributed by atoms with van der Waals surface area (Å²) in [5.74, 6) is -0.359. The number of benzene rings is 1. The van der Waals surface area contributed by atoms with Crippen molar-refractivity contribution < 1.29 is 9.18 Å². The van der Waals surface area contributed by atoms with E-state index in [4.69, 9.17) is 0 Å². The van der Waals surface area contributed by atoms with Gasteiger partial charge in [0.25, 0.3) is 0 Å². The van der Waals surface area contributed by atoms with Gasteiger partial charge in [-0.25, -0.2) is 9.37 Å². The van der Waals surface area contributed by atoms with E-state index in [0.29, 0.717) is 10.4 Å². The average Bonchev–Trinajstić information content (AvgIpc) is 2.63. The van der Waals surface area contributed by atoms with Crippen LogP contribution in [0.2, 0.25) is 0 Å². The Morgan fingerprint density at radius 1 is 1.44 bits per heavy atom. The predicted octanol–water partition coefficient (Wildman–Crippen LogP) is 4.09. The fourth-order valence-electron chi connectivity index (χ4n) is 1.72. The number of aryl methyl sites for hydroxylation is 2. The summed E-state index contributed by atoms with van der Waals surface area (Å²) < 4.78 is 13.9. The molecule has 0 amide bonds. The molecule has 18 heavy (non-hydrogen) atoms. The summed E-state index contributed by atoms with van der Waals surface area (Å²) in [6, 6.07) is 4.36. The highest BCUT2D eigenvalue weighted by Crippen LogP contribution is 2.23. The van der Waals surface area contributed by atoms with Crippen LogP contribution in [0, 0.1) is 19.7 Å². The molecule has 2 nitrogen and oxygen atoms in total. The Hall–Kier alpha value is -1.07. The van der Waals surface area contributed by atoms with Gasteiger partial charge in [-0.05, 0) is 37.6 Å². The Morgan fingerprint density at radius 2 is 2.17 bits per heavy atom. The van der Waals surface area contributed by atoms with Crippen LogP contribution in [0.25, 0.3) is 0 Å². The molecule has 2 aromatic rings. The Labute approximate surface area is 117 Å². The van der Waals surface area contributed by atoms with E-state index in [1.165, 1.54) is 23.5 Å². The molecule has 0 saturated heterocycles. The van der Waals surface area contributed by atoms with Crippen LogP contribution in [0.4, 0.5) is 4.39 Å². The first kappa shape index (κ1) is 13.4. The van der Waals surface area contributed by atoms with Crippen molar-refractivity contribution in [1.29, 1.82) is 0 Å². The van der Waals surface area contributed by atoms with Crippen LogP contribution < -0.4 is 0 Å². The topological polar surface area (TPSA) is 30.0 Å². The molecule has 0 atom stereocenters. The summed E-state index contributed by atoms with van der Waals surface area (Å²) in [6.45, 7) is 3.68. The van der Waals surface area contributed by atoms with E-state index in [2.05, 4.69) is 20.9 Å². The van der Waals surface area contributed by atoms with Crippen LogP contribution in [0.3, 0.4) is 0 Å². The highest BCUT2D eigenvalue weighted by atomic mass is 79.9. The molecule has 94 valence electrons. The largest absolute Gasteiger partial charge is 0.293 e. The van der Waals surface area contributed by atoms with Gasteiger partial charge < -0.3 is 0 Å². The lowest BCUT2D eigenvalue weighted by atomic mass is 10.1. The molecule has 0 aliphatic heterocycles. The fraction of sp³-hybridized carbons (Fsp3) is 0.231. The molecular formula is C13H11BrFNOS. The van der Waals surface area contributed by atoms with Gasteiger partial charge in [-0.15, -0.1) is 11.3 Å². The number of halogens is 2. The molecule has 0 unspecified atom stereocenters. The monoisotopic (exact) mass is 327 g/mol. The van der Waals surface area contributed by atoms with Gasteiger partial charge >= 0.3 is 0 Å². The lowest BCUT2D eigenvalue weighted by Gasteiger charge is -2.03. The second kappa shape index (κ2) is 5.28. The second-order valence-electron chi connectivity index (χ2n) is 3.98. The average molecular weight is 328 g/mol. The molecule has 0 bridgehead atoms. The summed E-state index contributed by atoms with van der Waals surface area (Å²) in [6.07, 6.45) is 0.181. The van der Waals surface area contributed by atoms with Gasteiger partial charge in [-0.1, -0.05) is 15.9 Å².